The van der Waals surface area contributed by atoms with Crippen molar-refractivity contribution in [3.8, 4) is 17.0 Å². The normalized spacial score (nSPS) is 15.7. The zero-order chi connectivity index (χ0) is 20.2. The van der Waals surface area contributed by atoms with Crippen LogP contribution in [0, 0.1) is 0 Å². The van der Waals surface area contributed by atoms with Crippen molar-refractivity contribution in [3.05, 3.63) is 70.9 Å². The van der Waals surface area contributed by atoms with Crippen molar-refractivity contribution in [1.82, 2.24) is 20.4 Å². The first-order valence-electron chi connectivity index (χ1n) is 9.73. The monoisotopic (exact) mass is 410 g/mol. The van der Waals surface area contributed by atoms with Crippen LogP contribution < -0.4 is 15.4 Å². The summed E-state index contributed by atoms with van der Waals surface area (Å²) >= 11 is 5.97. The summed E-state index contributed by atoms with van der Waals surface area (Å²) in [5.74, 6) is 0.760. The van der Waals surface area contributed by atoms with E-state index in [4.69, 9.17) is 16.3 Å². The quantitative estimate of drug-likeness (QED) is 0.617. The summed E-state index contributed by atoms with van der Waals surface area (Å²) in [7, 11) is 0. The molecule has 29 heavy (non-hydrogen) atoms. The number of rotatable bonds is 7. The molecule has 2 N–H and O–H groups in total. The fraction of sp³-hybridized carbons (Fsp3) is 0.273. The molecule has 0 bridgehead atoms. The van der Waals surface area contributed by atoms with Crippen LogP contribution in [0.5, 0.6) is 5.75 Å². The smallest absolute Gasteiger partial charge is 0.269 e. The first kappa shape index (κ1) is 19.5. The van der Waals surface area contributed by atoms with Crippen molar-refractivity contribution in [2.75, 3.05) is 13.2 Å². The Morgan fingerprint density at radius 1 is 1.21 bits per heavy atom. The van der Waals surface area contributed by atoms with Gasteiger partial charge in [-0.3, -0.25) is 10.1 Å². The van der Waals surface area contributed by atoms with E-state index in [1.165, 1.54) is 0 Å². The summed E-state index contributed by atoms with van der Waals surface area (Å²) < 4.78 is 7.39. The highest BCUT2D eigenvalue weighted by atomic mass is 35.5. The van der Waals surface area contributed by atoms with Crippen molar-refractivity contribution in [2.45, 2.75) is 26.1 Å². The average molecular weight is 411 g/mol. The molecule has 1 amide bonds. The number of benzene rings is 2. The molecule has 2 aromatic carbocycles. The highest BCUT2D eigenvalue weighted by molar-refractivity contribution is 6.30. The fourth-order valence-corrected chi connectivity index (χ4v) is 3.37. The number of aromatic nitrogens is 2. The second kappa shape index (κ2) is 8.68. The molecule has 1 atom stereocenters. The van der Waals surface area contributed by atoms with Crippen LogP contribution in [0.3, 0.4) is 0 Å². The number of carbonyl (C=O) groups excluding carboxylic acids is 1. The van der Waals surface area contributed by atoms with E-state index in [1.54, 1.807) is 4.68 Å². The van der Waals surface area contributed by atoms with Gasteiger partial charge in [-0.05, 0) is 42.3 Å². The van der Waals surface area contributed by atoms with Crippen LogP contribution in [0.15, 0.2) is 54.6 Å². The molecule has 0 spiro atoms. The molecular formula is C22H23ClN4O2. The molecule has 0 saturated heterocycles. The maximum atomic E-state index is 12.3. The van der Waals surface area contributed by atoms with Gasteiger partial charge >= 0.3 is 0 Å². The zero-order valence-corrected chi connectivity index (χ0v) is 16.9. The van der Waals surface area contributed by atoms with Gasteiger partial charge in [-0.15, -0.1) is 0 Å². The molecule has 0 radical (unpaired) electrons. The predicted octanol–water partition coefficient (Wildman–Crippen LogP) is 4.02. The molecule has 2 heterocycles. The van der Waals surface area contributed by atoms with Gasteiger partial charge in [0.05, 0.1) is 18.8 Å². The average Bonchev–Trinajstić information content (AvgIpc) is 3.19. The lowest BCUT2D eigenvalue weighted by atomic mass is 10.1. The molecule has 6 nitrogen and oxygen atoms in total. The summed E-state index contributed by atoms with van der Waals surface area (Å²) in [4.78, 5) is 12.3. The number of fused-ring (bicyclic) bond motifs is 1. The Labute approximate surface area is 174 Å². The molecule has 0 fully saturated rings. The molecular weight excluding hydrogens is 388 g/mol. The van der Waals surface area contributed by atoms with Crippen LogP contribution in [0.4, 0.5) is 0 Å². The second-order valence-corrected chi connectivity index (χ2v) is 7.40. The number of nitrogens with one attached hydrogen (secondary N) is 2. The lowest BCUT2D eigenvalue weighted by Crippen LogP contribution is -2.45. The zero-order valence-electron chi connectivity index (χ0n) is 16.2. The Morgan fingerprint density at radius 2 is 1.97 bits per heavy atom. The van der Waals surface area contributed by atoms with Crippen LogP contribution in [0.2, 0.25) is 5.02 Å². The standard InChI is InChI=1S/C22H23ClN4O2/c1-2-11-29-18-9-3-15(4-10-18)13-24-21-14-25-22(28)20-12-19(26-27(20)21)16-5-7-17(23)8-6-16/h3-10,12,21,24H,2,11,13-14H2,1H3,(H,25,28). The van der Waals surface area contributed by atoms with E-state index < -0.39 is 0 Å². The predicted molar refractivity (Wildman–Crippen MR) is 113 cm³/mol. The Bertz CT molecular complexity index is 983. The number of hydrogen-bond acceptors (Lipinski definition) is 4. The van der Waals surface area contributed by atoms with E-state index in [2.05, 4.69) is 22.7 Å². The minimum Gasteiger partial charge on any atom is -0.494 e. The maximum Gasteiger partial charge on any atom is 0.269 e. The summed E-state index contributed by atoms with van der Waals surface area (Å²) in [6, 6.07) is 17.3. The minimum absolute atomic E-state index is 0.117. The summed E-state index contributed by atoms with van der Waals surface area (Å²) in [6.45, 7) is 3.94. The molecule has 0 aliphatic carbocycles. The van der Waals surface area contributed by atoms with Crippen molar-refractivity contribution >= 4 is 17.5 Å². The Kier molecular flexibility index (Phi) is 5.83. The molecule has 3 aromatic rings. The van der Waals surface area contributed by atoms with Crippen molar-refractivity contribution in [3.63, 3.8) is 0 Å². The van der Waals surface area contributed by atoms with Gasteiger partial charge < -0.3 is 10.1 Å². The summed E-state index contributed by atoms with van der Waals surface area (Å²) in [6.07, 6.45) is 0.862. The van der Waals surface area contributed by atoms with E-state index >= 15 is 0 Å². The lowest BCUT2D eigenvalue weighted by Gasteiger charge is -2.25. The fourth-order valence-electron chi connectivity index (χ4n) is 3.25. The molecule has 1 unspecified atom stereocenters. The second-order valence-electron chi connectivity index (χ2n) is 6.97. The van der Waals surface area contributed by atoms with Gasteiger partial charge in [0.25, 0.3) is 5.91 Å². The van der Waals surface area contributed by atoms with Crippen LogP contribution in [-0.4, -0.2) is 28.8 Å². The number of hydrogen-bond donors (Lipinski definition) is 2. The SMILES string of the molecule is CCCOc1ccc(CNC2CNC(=O)c3cc(-c4ccc(Cl)cc4)nn32)cc1. The molecule has 1 aromatic heterocycles. The topological polar surface area (TPSA) is 68.2 Å². The van der Waals surface area contributed by atoms with Gasteiger partial charge in [0, 0.05) is 17.1 Å². The Balaban J connectivity index is 1.48. The van der Waals surface area contributed by atoms with E-state index in [-0.39, 0.29) is 12.1 Å². The van der Waals surface area contributed by atoms with Crippen LogP contribution in [-0.2, 0) is 6.54 Å². The van der Waals surface area contributed by atoms with E-state index in [0.29, 0.717) is 23.8 Å². The van der Waals surface area contributed by atoms with Gasteiger partial charge in [0.1, 0.15) is 17.6 Å². The summed E-state index contributed by atoms with van der Waals surface area (Å²) in [5, 5.41) is 11.7. The highest BCUT2D eigenvalue weighted by Gasteiger charge is 2.27. The van der Waals surface area contributed by atoms with Crippen molar-refractivity contribution in [2.24, 2.45) is 0 Å². The molecule has 150 valence electrons. The molecule has 7 heteroatoms. The Morgan fingerprint density at radius 3 is 2.69 bits per heavy atom. The van der Waals surface area contributed by atoms with E-state index in [0.717, 1.165) is 35.6 Å². The first-order chi connectivity index (χ1) is 14.1. The van der Waals surface area contributed by atoms with E-state index in [1.807, 2.05) is 54.6 Å². The van der Waals surface area contributed by atoms with Gasteiger partial charge in [0.15, 0.2) is 0 Å². The Hall–Kier alpha value is -2.83. The first-order valence-corrected chi connectivity index (χ1v) is 10.1. The van der Waals surface area contributed by atoms with E-state index in [9.17, 15) is 4.79 Å². The minimum atomic E-state index is -0.125. The van der Waals surface area contributed by atoms with Gasteiger partial charge in [-0.1, -0.05) is 42.8 Å². The van der Waals surface area contributed by atoms with Gasteiger partial charge in [-0.25, -0.2) is 4.68 Å². The lowest BCUT2D eigenvalue weighted by molar-refractivity contribution is 0.0900. The number of halogens is 1. The maximum absolute atomic E-state index is 12.3. The van der Waals surface area contributed by atoms with Crippen LogP contribution in [0.1, 0.15) is 35.6 Å². The largest absolute Gasteiger partial charge is 0.494 e. The number of amides is 1. The van der Waals surface area contributed by atoms with Crippen molar-refractivity contribution in [1.29, 1.82) is 0 Å². The molecule has 4 rings (SSSR count). The third-order valence-electron chi connectivity index (χ3n) is 4.80. The number of carbonyl (C=O) groups is 1. The van der Waals surface area contributed by atoms with Gasteiger partial charge in [-0.2, -0.15) is 5.10 Å². The third-order valence-corrected chi connectivity index (χ3v) is 5.05. The number of nitrogens with zero attached hydrogens (tertiary/aromatic N) is 2. The highest BCUT2D eigenvalue weighted by Crippen LogP contribution is 2.24. The third kappa shape index (κ3) is 4.44. The molecule has 1 aliphatic heterocycles. The number of ether oxygens (including phenoxy) is 1. The van der Waals surface area contributed by atoms with Gasteiger partial charge in [0.2, 0.25) is 0 Å². The van der Waals surface area contributed by atoms with Crippen LogP contribution >= 0.6 is 11.6 Å². The summed E-state index contributed by atoms with van der Waals surface area (Å²) in [5.41, 5.74) is 3.35. The van der Waals surface area contributed by atoms with Crippen LogP contribution in [0.25, 0.3) is 11.3 Å². The molecule has 0 saturated carbocycles. The van der Waals surface area contributed by atoms with Crippen molar-refractivity contribution < 1.29 is 9.53 Å². The molecule has 1 aliphatic rings.